The van der Waals surface area contributed by atoms with Crippen molar-refractivity contribution in [3.8, 4) is 0 Å². The van der Waals surface area contributed by atoms with Crippen molar-refractivity contribution in [3.63, 3.8) is 0 Å². The van der Waals surface area contributed by atoms with Crippen LogP contribution in [-0.4, -0.2) is 117 Å². The molecule has 3 saturated heterocycles. The Kier molecular flexibility index (Phi) is 12.5. The second-order valence-corrected chi connectivity index (χ2v) is 7.79. The first-order valence-electron chi connectivity index (χ1n) is 11.3. The summed E-state index contributed by atoms with van der Waals surface area (Å²) < 4.78 is 49.4. The lowest BCUT2D eigenvalue weighted by Crippen LogP contribution is -2.27. The summed E-state index contributed by atoms with van der Waals surface area (Å²) in [5, 5.41) is 0. The third kappa shape index (κ3) is 13.8. The summed E-state index contributed by atoms with van der Waals surface area (Å²) in [7, 11) is 0. The molecule has 3 atom stereocenters. The predicted molar refractivity (Wildman–Crippen MR) is 107 cm³/mol. The lowest BCUT2D eigenvalue weighted by atomic mass is 10.3. The van der Waals surface area contributed by atoms with Crippen LogP contribution in [0.4, 0.5) is 0 Å². The maximum atomic E-state index is 5.94. The van der Waals surface area contributed by atoms with Gasteiger partial charge in [-0.25, -0.2) is 0 Å². The van der Waals surface area contributed by atoms with Crippen LogP contribution < -0.4 is 0 Å². The Bertz CT molecular complexity index is 387. The van der Waals surface area contributed by atoms with E-state index < -0.39 is 0 Å². The van der Waals surface area contributed by atoms with E-state index in [4.69, 9.17) is 42.6 Å². The molecule has 3 heterocycles. The fourth-order valence-electron chi connectivity index (χ4n) is 2.65. The summed E-state index contributed by atoms with van der Waals surface area (Å²) in [4.78, 5) is 0. The van der Waals surface area contributed by atoms with Crippen LogP contribution in [-0.2, 0) is 42.6 Å². The van der Waals surface area contributed by atoms with Crippen molar-refractivity contribution in [2.75, 3.05) is 92.5 Å². The van der Waals surface area contributed by atoms with Gasteiger partial charge in [0.2, 0.25) is 0 Å². The molecule has 0 amide bonds. The third-order valence-corrected chi connectivity index (χ3v) is 4.67. The maximum absolute atomic E-state index is 5.94. The Morgan fingerprint density at radius 1 is 0.533 bits per heavy atom. The highest BCUT2D eigenvalue weighted by Crippen LogP contribution is 2.10. The summed E-state index contributed by atoms with van der Waals surface area (Å²) in [5.74, 6) is 0. The molecule has 3 aliphatic rings. The quantitative estimate of drug-likeness (QED) is 0.171. The molecule has 3 fully saturated rings. The van der Waals surface area contributed by atoms with E-state index in [9.17, 15) is 0 Å². The van der Waals surface area contributed by atoms with Crippen LogP contribution in [0.1, 0.15) is 19.3 Å². The molecule has 0 aliphatic carbocycles. The minimum Gasteiger partial charge on any atom is -0.379 e. The molecular weight excluding hydrogens is 396 g/mol. The van der Waals surface area contributed by atoms with Crippen molar-refractivity contribution in [2.45, 2.75) is 43.7 Å². The van der Waals surface area contributed by atoms with Crippen LogP contribution >= 0.6 is 0 Å². The van der Waals surface area contributed by atoms with Gasteiger partial charge in [0.05, 0.1) is 52.9 Å². The molecule has 0 bridgehead atoms. The zero-order valence-electron chi connectivity index (χ0n) is 18.0. The minimum atomic E-state index is -0.0849. The SMILES string of the molecule is C(COCC(COCCCOCC1CO1)OCCCOCC1CO1)COCC1CO1. The number of epoxide rings is 3. The molecule has 0 aromatic carbocycles. The maximum Gasteiger partial charge on any atom is 0.104 e. The molecule has 0 N–H and O–H groups in total. The number of hydrogen-bond acceptors (Lipinski definition) is 9. The van der Waals surface area contributed by atoms with Gasteiger partial charge in [-0.1, -0.05) is 0 Å². The highest BCUT2D eigenvalue weighted by molar-refractivity contribution is 4.68. The molecule has 0 radical (unpaired) electrons. The Morgan fingerprint density at radius 3 is 1.30 bits per heavy atom. The van der Waals surface area contributed by atoms with Crippen molar-refractivity contribution in [1.29, 1.82) is 0 Å². The minimum absolute atomic E-state index is 0.0849. The second-order valence-electron chi connectivity index (χ2n) is 7.79. The van der Waals surface area contributed by atoms with Crippen molar-refractivity contribution in [2.24, 2.45) is 0 Å². The van der Waals surface area contributed by atoms with Gasteiger partial charge in [0.15, 0.2) is 0 Å². The van der Waals surface area contributed by atoms with Crippen LogP contribution in [0.2, 0.25) is 0 Å². The van der Waals surface area contributed by atoms with E-state index in [-0.39, 0.29) is 6.10 Å². The highest BCUT2D eigenvalue weighted by atomic mass is 16.6. The smallest absolute Gasteiger partial charge is 0.104 e. The molecule has 9 nitrogen and oxygen atoms in total. The molecule has 0 aromatic rings. The molecule has 9 heteroatoms. The molecule has 30 heavy (non-hydrogen) atoms. The lowest BCUT2D eigenvalue weighted by molar-refractivity contribution is -0.0676. The first-order valence-corrected chi connectivity index (χ1v) is 11.3. The average Bonchev–Trinajstić information content (AvgIpc) is 3.61. The first kappa shape index (κ1) is 24.3. The van der Waals surface area contributed by atoms with E-state index in [0.29, 0.717) is 91.0 Å². The molecule has 176 valence electrons. The van der Waals surface area contributed by atoms with Gasteiger partial charge in [-0.15, -0.1) is 0 Å². The Balaban J connectivity index is 1.15. The summed E-state index contributed by atoms with van der Waals surface area (Å²) in [6.45, 7) is 9.54. The van der Waals surface area contributed by atoms with Gasteiger partial charge < -0.3 is 42.6 Å². The number of rotatable bonds is 23. The summed E-state index contributed by atoms with van der Waals surface area (Å²) in [6, 6.07) is 0. The van der Waals surface area contributed by atoms with Crippen molar-refractivity contribution in [3.05, 3.63) is 0 Å². The molecular formula is C21H38O9. The van der Waals surface area contributed by atoms with Crippen LogP contribution in [0.25, 0.3) is 0 Å². The summed E-state index contributed by atoms with van der Waals surface area (Å²) >= 11 is 0. The van der Waals surface area contributed by atoms with E-state index in [1.165, 1.54) is 0 Å². The van der Waals surface area contributed by atoms with Crippen molar-refractivity contribution >= 4 is 0 Å². The zero-order valence-corrected chi connectivity index (χ0v) is 18.0. The fourth-order valence-corrected chi connectivity index (χ4v) is 2.65. The molecule has 0 aromatic heterocycles. The van der Waals surface area contributed by atoms with Crippen LogP contribution in [0.3, 0.4) is 0 Å². The van der Waals surface area contributed by atoms with E-state index in [2.05, 4.69) is 0 Å². The van der Waals surface area contributed by atoms with Gasteiger partial charge in [-0.05, 0) is 19.3 Å². The lowest BCUT2D eigenvalue weighted by Gasteiger charge is -2.18. The van der Waals surface area contributed by atoms with Crippen LogP contribution in [0, 0.1) is 0 Å². The predicted octanol–water partition coefficient (Wildman–Crippen LogP) is 0.821. The van der Waals surface area contributed by atoms with Crippen molar-refractivity contribution < 1.29 is 42.6 Å². The Labute approximate surface area is 179 Å². The van der Waals surface area contributed by atoms with E-state index in [1.807, 2.05) is 0 Å². The Morgan fingerprint density at radius 2 is 0.900 bits per heavy atom. The standard InChI is InChI=1S/C21H38O9/c1(6-24-12-19-15-28-19)4-22-10-18(27-9-3-8-26-14-21-17-30-21)11-23-5-2-7-25-13-20-16-29-20/h18-21H,1-17H2. The third-order valence-electron chi connectivity index (χ3n) is 4.67. The zero-order chi connectivity index (χ0) is 20.7. The topological polar surface area (TPSA) is 93.0 Å². The normalized spacial score (nSPS) is 25.4. The monoisotopic (exact) mass is 434 g/mol. The molecule has 3 aliphatic heterocycles. The Hall–Kier alpha value is -0.360. The molecule has 3 rings (SSSR count). The largest absolute Gasteiger partial charge is 0.379 e. The van der Waals surface area contributed by atoms with Gasteiger partial charge in [-0.3, -0.25) is 0 Å². The average molecular weight is 435 g/mol. The van der Waals surface area contributed by atoms with E-state index in [1.54, 1.807) is 0 Å². The molecule has 3 unspecified atom stereocenters. The van der Waals surface area contributed by atoms with Crippen LogP contribution in [0.15, 0.2) is 0 Å². The van der Waals surface area contributed by atoms with Gasteiger partial charge in [0, 0.05) is 39.6 Å². The second kappa shape index (κ2) is 15.4. The number of ether oxygens (including phenoxy) is 9. The molecule has 0 saturated carbocycles. The van der Waals surface area contributed by atoms with Gasteiger partial charge in [0.1, 0.15) is 24.4 Å². The highest BCUT2D eigenvalue weighted by Gasteiger charge is 2.23. The van der Waals surface area contributed by atoms with Crippen molar-refractivity contribution in [1.82, 2.24) is 0 Å². The van der Waals surface area contributed by atoms with E-state index >= 15 is 0 Å². The summed E-state index contributed by atoms with van der Waals surface area (Å²) in [6.07, 6.45) is 3.42. The fraction of sp³-hybridized carbons (Fsp3) is 1.00. The van der Waals surface area contributed by atoms with Crippen LogP contribution in [0.5, 0.6) is 0 Å². The van der Waals surface area contributed by atoms with E-state index in [0.717, 1.165) is 39.1 Å². The van der Waals surface area contributed by atoms with Gasteiger partial charge >= 0.3 is 0 Å². The number of hydrogen-bond donors (Lipinski definition) is 0. The summed E-state index contributed by atoms with van der Waals surface area (Å²) in [5.41, 5.74) is 0. The van der Waals surface area contributed by atoms with Gasteiger partial charge in [0.25, 0.3) is 0 Å². The molecule has 0 spiro atoms. The van der Waals surface area contributed by atoms with Gasteiger partial charge in [-0.2, -0.15) is 0 Å². The first-order chi connectivity index (χ1) is 14.9.